The summed E-state index contributed by atoms with van der Waals surface area (Å²) >= 11 is 3.40. The fourth-order valence-corrected chi connectivity index (χ4v) is 2.15. The summed E-state index contributed by atoms with van der Waals surface area (Å²) in [5.74, 6) is 0.894. The van der Waals surface area contributed by atoms with E-state index in [0.717, 1.165) is 36.5 Å². The second kappa shape index (κ2) is 6.38. The van der Waals surface area contributed by atoms with E-state index in [1.165, 1.54) is 0 Å². The van der Waals surface area contributed by atoms with Crippen LogP contribution < -0.4 is 4.74 Å². The monoisotopic (exact) mass is 299 g/mol. The van der Waals surface area contributed by atoms with Crippen molar-refractivity contribution in [2.75, 3.05) is 32.8 Å². The van der Waals surface area contributed by atoms with Crippen molar-refractivity contribution in [3.05, 3.63) is 28.7 Å². The number of hydrogen-bond donors (Lipinski definition) is 0. The van der Waals surface area contributed by atoms with Crippen LogP contribution in [0, 0.1) is 0 Å². The molecule has 0 aliphatic carbocycles. The van der Waals surface area contributed by atoms with Crippen molar-refractivity contribution in [1.29, 1.82) is 0 Å². The van der Waals surface area contributed by atoms with E-state index in [0.29, 0.717) is 6.61 Å². The summed E-state index contributed by atoms with van der Waals surface area (Å²) in [6.07, 6.45) is 0.187. The topological polar surface area (TPSA) is 21.7 Å². The van der Waals surface area contributed by atoms with Crippen LogP contribution in [0.15, 0.2) is 28.7 Å². The van der Waals surface area contributed by atoms with Gasteiger partial charge in [-0.3, -0.25) is 4.90 Å². The van der Waals surface area contributed by atoms with E-state index in [2.05, 4.69) is 27.8 Å². The van der Waals surface area contributed by atoms with Gasteiger partial charge in [-0.2, -0.15) is 0 Å². The van der Waals surface area contributed by atoms with Crippen molar-refractivity contribution in [2.45, 2.75) is 13.0 Å². The first-order valence-electron chi connectivity index (χ1n) is 6.00. The predicted molar refractivity (Wildman–Crippen MR) is 71.5 cm³/mol. The number of morpholine rings is 1. The summed E-state index contributed by atoms with van der Waals surface area (Å²) < 4.78 is 12.5. The molecule has 2 rings (SSSR count). The van der Waals surface area contributed by atoms with Crippen molar-refractivity contribution < 1.29 is 9.47 Å². The summed E-state index contributed by atoms with van der Waals surface area (Å²) in [4.78, 5) is 2.39. The van der Waals surface area contributed by atoms with E-state index in [4.69, 9.17) is 9.47 Å². The minimum absolute atomic E-state index is 0.187. The van der Waals surface area contributed by atoms with Crippen molar-refractivity contribution >= 4 is 15.9 Å². The fourth-order valence-electron chi connectivity index (χ4n) is 1.89. The third-order valence-electron chi connectivity index (χ3n) is 2.92. The molecule has 0 aromatic heterocycles. The minimum Gasteiger partial charge on any atom is -0.491 e. The molecular formula is C13H18BrNO2. The van der Waals surface area contributed by atoms with Crippen LogP contribution in [0.2, 0.25) is 0 Å². The number of halogens is 1. The Bertz CT molecular complexity index is 342. The molecule has 1 unspecified atom stereocenters. The lowest BCUT2D eigenvalue weighted by Crippen LogP contribution is -2.44. The van der Waals surface area contributed by atoms with Gasteiger partial charge in [0.25, 0.3) is 0 Å². The van der Waals surface area contributed by atoms with Gasteiger partial charge in [-0.1, -0.05) is 22.9 Å². The first-order chi connectivity index (χ1) is 8.28. The van der Waals surface area contributed by atoms with Gasteiger partial charge in [-0.15, -0.1) is 0 Å². The van der Waals surface area contributed by atoms with Gasteiger partial charge in [0.15, 0.2) is 0 Å². The Morgan fingerprint density at radius 1 is 1.41 bits per heavy atom. The zero-order chi connectivity index (χ0) is 12.1. The first-order valence-corrected chi connectivity index (χ1v) is 6.79. The molecule has 0 spiro atoms. The van der Waals surface area contributed by atoms with Crippen LogP contribution in [0.4, 0.5) is 0 Å². The highest BCUT2D eigenvalue weighted by Crippen LogP contribution is 2.17. The Hall–Kier alpha value is -0.580. The number of nitrogens with zero attached hydrogens (tertiary/aromatic N) is 1. The van der Waals surface area contributed by atoms with Crippen molar-refractivity contribution in [3.63, 3.8) is 0 Å². The van der Waals surface area contributed by atoms with E-state index in [1.54, 1.807) is 0 Å². The molecule has 94 valence electrons. The summed E-state index contributed by atoms with van der Waals surface area (Å²) in [5.41, 5.74) is 0. The molecule has 0 bridgehead atoms. The van der Waals surface area contributed by atoms with Gasteiger partial charge in [-0.25, -0.2) is 0 Å². The molecule has 17 heavy (non-hydrogen) atoms. The van der Waals surface area contributed by atoms with Gasteiger partial charge < -0.3 is 9.47 Å². The highest BCUT2D eigenvalue weighted by molar-refractivity contribution is 9.10. The second-order valence-corrected chi connectivity index (χ2v) is 5.07. The molecule has 0 N–H and O–H groups in total. The molecule has 0 amide bonds. The van der Waals surface area contributed by atoms with Gasteiger partial charge in [0.1, 0.15) is 18.5 Å². The zero-order valence-corrected chi connectivity index (χ0v) is 11.6. The maximum Gasteiger partial charge on any atom is 0.119 e. The molecule has 1 heterocycles. The number of likely N-dealkylation sites (N-methyl/N-ethyl adjacent to an activating group) is 1. The van der Waals surface area contributed by atoms with E-state index in [1.807, 2.05) is 24.3 Å². The SMILES string of the molecule is CCN1CCOC(COc2ccc(Br)cc2)C1. The average molecular weight is 300 g/mol. The third-order valence-corrected chi connectivity index (χ3v) is 3.45. The molecule has 3 nitrogen and oxygen atoms in total. The Balaban J connectivity index is 1.79. The lowest BCUT2D eigenvalue weighted by atomic mass is 10.3. The van der Waals surface area contributed by atoms with E-state index < -0.39 is 0 Å². The number of rotatable bonds is 4. The first kappa shape index (κ1) is 12.9. The lowest BCUT2D eigenvalue weighted by Gasteiger charge is -2.31. The molecule has 1 saturated heterocycles. The van der Waals surface area contributed by atoms with Crippen LogP contribution in [-0.4, -0.2) is 43.9 Å². The lowest BCUT2D eigenvalue weighted by molar-refractivity contribution is -0.0464. The van der Waals surface area contributed by atoms with E-state index >= 15 is 0 Å². The van der Waals surface area contributed by atoms with Gasteiger partial charge in [-0.05, 0) is 30.8 Å². The van der Waals surface area contributed by atoms with Crippen LogP contribution in [0.5, 0.6) is 5.75 Å². The largest absolute Gasteiger partial charge is 0.491 e. The number of ether oxygens (including phenoxy) is 2. The predicted octanol–water partition coefficient (Wildman–Crippen LogP) is 2.55. The zero-order valence-electron chi connectivity index (χ0n) is 10.1. The maximum absolute atomic E-state index is 5.72. The van der Waals surface area contributed by atoms with Crippen LogP contribution in [-0.2, 0) is 4.74 Å². The Labute approximate surface area is 111 Å². The van der Waals surface area contributed by atoms with Gasteiger partial charge in [0, 0.05) is 17.6 Å². The normalized spacial score (nSPS) is 21.4. The Kier molecular flexibility index (Phi) is 4.83. The summed E-state index contributed by atoms with van der Waals surface area (Å²) in [6.45, 7) is 6.69. The van der Waals surface area contributed by atoms with Gasteiger partial charge in [0.2, 0.25) is 0 Å². The minimum atomic E-state index is 0.187. The summed E-state index contributed by atoms with van der Waals surface area (Å²) in [6, 6.07) is 7.89. The molecule has 1 aliphatic heterocycles. The van der Waals surface area contributed by atoms with Crippen molar-refractivity contribution in [2.24, 2.45) is 0 Å². The second-order valence-electron chi connectivity index (χ2n) is 4.15. The van der Waals surface area contributed by atoms with E-state index in [-0.39, 0.29) is 6.10 Å². The molecule has 1 aromatic rings. The Morgan fingerprint density at radius 3 is 2.88 bits per heavy atom. The van der Waals surface area contributed by atoms with Crippen LogP contribution in [0.25, 0.3) is 0 Å². The van der Waals surface area contributed by atoms with E-state index in [9.17, 15) is 0 Å². The smallest absolute Gasteiger partial charge is 0.119 e. The molecular weight excluding hydrogens is 282 g/mol. The molecule has 1 fully saturated rings. The molecule has 4 heteroatoms. The van der Waals surface area contributed by atoms with Crippen LogP contribution >= 0.6 is 15.9 Å². The number of hydrogen-bond acceptors (Lipinski definition) is 3. The maximum atomic E-state index is 5.72. The summed E-state index contributed by atoms with van der Waals surface area (Å²) in [5, 5.41) is 0. The molecule has 1 aromatic carbocycles. The van der Waals surface area contributed by atoms with Gasteiger partial charge >= 0.3 is 0 Å². The average Bonchev–Trinajstić information content (AvgIpc) is 2.38. The fraction of sp³-hybridized carbons (Fsp3) is 0.538. The standard InChI is InChI=1S/C13H18BrNO2/c1-2-15-7-8-16-13(9-15)10-17-12-5-3-11(14)4-6-12/h3-6,13H,2,7-10H2,1H3. The molecule has 1 atom stereocenters. The van der Waals surface area contributed by atoms with Gasteiger partial charge in [0.05, 0.1) is 6.61 Å². The molecule has 1 aliphatic rings. The van der Waals surface area contributed by atoms with Crippen molar-refractivity contribution in [1.82, 2.24) is 4.90 Å². The molecule has 0 saturated carbocycles. The third kappa shape index (κ3) is 3.98. The highest BCUT2D eigenvalue weighted by atomic mass is 79.9. The molecule has 0 radical (unpaired) electrons. The van der Waals surface area contributed by atoms with Crippen LogP contribution in [0.3, 0.4) is 0 Å². The van der Waals surface area contributed by atoms with Crippen LogP contribution in [0.1, 0.15) is 6.92 Å². The number of benzene rings is 1. The highest BCUT2D eigenvalue weighted by Gasteiger charge is 2.19. The summed E-state index contributed by atoms with van der Waals surface area (Å²) in [7, 11) is 0. The quantitative estimate of drug-likeness (QED) is 0.853. The van der Waals surface area contributed by atoms with Crippen molar-refractivity contribution in [3.8, 4) is 5.75 Å². The Morgan fingerprint density at radius 2 is 2.18 bits per heavy atom.